The molecular weight excluding hydrogens is 462 g/mol. The minimum atomic E-state index is -1.41. The minimum absolute atomic E-state index is 0.00278. The number of piperidine rings is 2. The number of ketones is 1. The molecule has 2 saturated heterocycles. The molecule has 3 aliphatic carbocycles. The molecule has 3 aliphatic heterocycles. The van der Waals surface area contributed by atoms with E-state index in [1.54, 1.807) is 4.90 Å². The van der Waals surface area contributed by atoms with Gasteiger partial charge in [0.1, 0.15) is 29.0 Å². The van der Waals surface area contributed by atoms with Crippen molar-refractivity contribution in [1.82, 2.24) is 4.90 Å². The molecule has 3 heterocycles. The van der Waals surface area contributed by atoms with Gasteiger partial charge in [-0.25, -0.2) is 4.99 Å². The second-order valence-corrected chi connectivity index (χ2v) is 11.1. The highest BCUT2D eigenvalue weighted by Gasteiger charge is 2.75. The van der Waals surface area contributed by atoms with Crippen LogP contribution in [-0.4, -0.2) is 34.8 Å². The topological polar surface area (TPSA) is 101 Å². The first-order chi connectivity index (χ1) is 17.0. The van der Waals surface area contributed by atoms with Crippen molar-refractivity contribution in [2.75, 3.05) is 4.90 Å². The number of amides is 1. The second-order valence-electron chi connectivity index (χ2n) is 10.7. The fourth-order valence-electron chi connectivity index (χ4n) is 8.23. The van der Waals surface area contributed by atoms with Gasteiger partial charge in [-0.05, 0) is 62.3 Å². The molecule has 6 aliphatic rings. The van der Waals surface area contributed by atoms with Gasteiger partial charge < -0.3 is 4.90 Å². The van der Waals surface area contributed by atoms with Gasteiger partial charge in [0.05, 0.1) is 12.1 Å². The van der Waals surface area contributed by atoms with E-state index in [2.05, 4.69) is 17.0 Å². The lowest BCUT2D eigenvalue weighted by atomic mass is 9.43. The molecule has 1 amide bonds. The molecule has 0 N–H and O–H groups in total. The zero-order valence-corrected chi connectivity index (χ0v) is 20.0. The summed E-state index contributed by atoms with van der Waals surface area (Å²) >= 11 is 6.33. The number of benzene rings is 1. The molecule has 3 fully saturated rings. The van der Waals surface area contributed by atoms with E-state index in [0.29, 0.717) is 42.1 Å². The highest BCUT2D eigenvalue weighted by molar-refractivity contribution is 6.30. The third-order valence-corrected chi connectivity index (χ3v) is 9.65. The van der Waals surface area contributed by atoms with Gasteiger partial charge in [0.25, 0.3) is 5.91 Å². The van der Waals surface area contributed by atoms with E-state index in [0.717, 1.165) is 36.9 Å². The summed E-state index contributed by atoms with van der Waals surface area (Å²) in [5.74, 6) is -0.690. The van der Waals surface area contributed by atoms with Crippen molar-refractivity contribution in [2.45, 2.75) is 63.7 Å². The van der Waals surface area contributed by atoms with Crippen molar-refractivity contribution >= 4 is 34.8 Å². The summed E-state index contributed by atoms with van der Waals surface area (Å²) < 4.78 is 0. The molecule has 6 atom stereocenters. The lowest BCUT2D eigenvalue weighted by Gasteiger charge is -2.64. The van der Waals surface area contributed by atoms with Crippen molar-refractivity contribution in [3.8, 4) is 12.1 Å². The number of hydrogen-bond donors (Lipinski definition) is 0. The first kappa shape index (κ1) is 21.1. The molecule has 7 nitrogen and oxygen atoms in total. The Bertz CT molecular complexity index is 1350. The summed E-state index contributed by atoms with van der Waals surface area (Å²) in [5.41, 5.74) is -0.281. The molecule has 0 spiro atoms. The molecule has 7 rings (SSSR count). The van der Waals surface area contributed by atoms with Crippen LogP contribution in [0.5, 0.6) is 0 Å². The molecule has 0 radical (unpaired) electrons. The Morgan fingerprint density at radius 2 is 1.89 bits per heavy atom. The number of nitrogens with zero attached hydrogens (tertiary/aromatic N) is 5. The van der Waals surface area contributed by atoms with E-state index in [1.807, 2.05) is 24.3 Å². The Balaban J connectivity index is 1.53. The van der Waals surface area contributed by atoms with Gasteiger partial charge in [-0.3, -0.25) is 14.5 Å². The number of carbonyl (C=O) groups is 2. The van der Waals surface area contributed by atoms with Crippen LogP contribution in [0.2, 0.25) is 5.02 Å². The fraction of sp³-hybridized carbons (Fsp3) is 0.519. The molecule has 35 heavy (non-hydrogen) atoms. The molecule has 1 aromatic rings. The number of Topliss-reactive ketones (excluding diaryl/α,β-unsaturated/α-hetero) is 1. The Morgan fingerprint density at radius 3 is 2.66 bits per heavy atom. The van der Waals surface area contributed by atoms with E-state index in [-0.39, 0.29) is 24.0 Å². The summed E-state index contributed by atoms with van der Waals surface area (Å²) in [6.45, 7) is 0. The summed E-state index contributed by atoms with van der Waals surface area (Å²) in [6, 6.07) is 12.6. The summed E-state index contributed by atoms with van der Waals surface area (Å²) in [6.07, 6.45) is 4.77. The number of rotatable bonds is 1. The van der Waals surface area contributed by atoms with E-state index in [1.165, 1.54) is 0 Å². The smallest absolute Gasteiger partial charge is 0.251 e. The summed E-state index contributed by atoms with van der Waals surface area (Å²) in [7, 11) is 0. The number of hydrogen-bond acceptors (Lipinski definition) is 6. The van der Waals surface area contributed by atoms with Crippen LogP contribution < -0.4 is 4.90 Å². The van der Waals surface area contributed by atoms with Crippen molar-refractivity contribution in [3.63, 3.8) is 0 Å². The zero-order valence-electron chi connectivity index (χ0n) is 19.2. The molecule has 0 aromatic heterocycles. The highest BCUT2D eigenvalue weighted by atomic mass is 35.5. The first-order valence-electron chi connectivity index (χ1n) is 12.5. The maximum Gasteiger partial charge on any atom is 0.251 e. The van der Waals surface area contributed by atoms with Gasteiger partial charge in [-0.15, -0.1) is 0 Å². The van der Waals surface area contributed by atoms with Crippen LogP contribution in [-0.2, 0) is 9.59 Å². The van der Waals surface area contributed by atoms with Crippen LogP contribution in [0.4, 0.5) is 5.69 Å². The molecular formula is C27H24ClN5O2. The van der Waals surface area contributed by atoms with Crippen molar-refractivity contribution in [3.05, 3.63) is 40.4 Å². The van der Waals surface area contributed by atoms with Gasteiger partial charge >= 0.3 is 0 Å². The average Bonchev–Trinajstić information content (AvgIpc) is 3.24. The number of nitriles is 2. The molecule has 176 valence electrons. The van der Waals surface area contributed by atoms with Crippen LogP contribution in [0, 0.1) is 45.3 Å². The maximum absolute atomic E-state index is 14.6. The minimum Gasteiger partial charge on any atom is -0.328 e. The van der Waals surface area contributed by atoms with Gasteiger partial charge in [-0.2, -0.15) is 10.5 Å². The number of halogens is 1. The van der Waals surface area contributed by atoms with Crippen molar-refractivity contribution in [2.24, 2.45) is 27.7 Å². The van der Waals surface area contributed by atoms with Crippen LogP contribution in [0.25, 0.3) is 0 Å². The third-order valence-electron chi connectivity index (χ3n) is 9.42. The second kappa shape index (κ2) is 6.95. The van der Waals surface area contributed by atoms with Gasteiger partial charge in [-0.1, -0.05) is 24.1 Å². The van der Waals surface area contributed by atoms with E-state index >= 15 is 0 Å². The molecule has 8 heteroatoms. The standard InChI is InChI=1S/C27H24ClN5O2/c28-15-4-1-5-16(12-15)32-21-8-3-9-22(32)33-24(31-21)26(13-29)18-10-11-19(34)23(18)17-6-2-7-20(26)27(17,14-30)25(33)35/h1,4-5,12,17,20-22H,2-3,6-11H2. The third kappa shape index (κ3) is 2.29. The number of allylic oxidation sites excluding steroid dienone is 1. The first-order valence-corrected chi connectivity index (χ1v) is 12.9. The number of anilines is 1. The maximum atomic E-state index is 14.6. The van der Waals surface area contributed by atoms with E-state index in [4.69, 9.17) is 16.6 Å². The normalized spacial score (nSPS) is 38.9. The zero-order chi connectivity index (χ0) is 24.1. The Morgan fingerprint density at radius 1 is 1.06 bits per heavy atom. The fourth-order valence-corrected chi connectivity index (χ4v) is 8.42. The van der Waals surface area contributed by atoms with Crippen molar-refractivity contribution in [1.29, 1.82) is 10.5 Å². The van der Waals surface area contributed by atoms with Crippen LogP contribution in [0.15, 0.2) is 40.4 Å². The van der Waals surface area contributed by atoms with E-state index in [9.17, 15) is 20.1 Å². The van der Waals surface area contributed by atoms with Crippen LogP contribution in [0.1, 0.15) is 51.4 Å². The highest BCUT2D eigenvalue weighted by Crippen LogP contribution is 2.68. The lowest BCUT2D eigenvalue weighted by Crippen LogP contribution is -2.76. The van der Waals surface area contributed by atoms with Crippen LogP contribution >= 0.6 is 11.6 Å². The summed E-state index contributed by atoms with van der Waals surface area (Å²) in [5, 5.41) is 22.2. The Hall–Kier alpha value is -3.16. The SMILES string of the molecule is N#CC12C3=NC4CCCC(N3C(=O)C3(C#N)C(CCCC13)C1=C2CCC1=O)N4c1cccc(Cl)c1. The Labute approximate surface area is 208 Å². The number of amidine groups is 1. The quantitative estimate of drug-likeness (QED) is 0.588. The number of aliphatic imine (C=N–C) groups is 1. The van der Waals surface area contributed by atoms with Gasteiger partial charge in [0.2, 0.25) is 0 Å². The van der Waals surface area contributed by atoms with Gasteiger partial charge in [0.15, 0.2) is 5.78 Å². The monoisotopic (exact) mass is 485 g/mol. The molecule has 1 saturated carbocycles. The lowest BCUT2D eigenvalue weighted by molar-refractivity contribution is -0.153. The largest absolute Gasteiger partial charge is 0.328 e. The Kier molecular flexibility index (Phi) is 4.20. The average molecular weight is 486 g/mol. The molecule has 1 aromatic carbocycles. The van der Waals surface area contributed by atoms with E-state index < -0.39 is 22.7 Å². The van der Waals surface area contributed by atoms with Crippen molar-refractivity contribution < 1.29 is 9.59 Å². The van der Waals surface area contributed by atoms with Crippen LogP contribution in [0.3, 0.4) is 0 Å². The number of fused-ring (bicyclic) bond motifs is 7. The predicted octanol–water partition coefficient (Wildman–Crippen LogP) is 4.35. The summed E-state index contributed by atoms with van der Waals surface area (Å²) in [4.78, 5) is 36.7. The molecule has 6 unspecified atom stereocenters. The molecule has 6 bridgehead atoms. The van der Waals surface area contributed by atoms with Gasteiger partial charge in [0, 0.05) is 34.5 Å². The number of carbonyl (C=O) groups excluding carboxylic acids is 2. The predicted molar refractivity (Wildman–Crippen MR) is 128 cm³/mol.